The van der Waals surface area contributed by atoms with Gasteiger partial charge in [0.05, 0.1) is 19.1 Å². The lowest BCUT2D eigenvalue weighted by Crippen LogP contribution is -2.19. The summed E-state index contributed by atoms with van der Waals surface area (Å²) in [5.74, 6) is 0.409. The fraction of sp³-hybridized carbons (Fsp3) is 0.100. The second-order valence-corrected chi connectivity index (χ2v) is 7.48. The average Bonchev–Trinajstić information content (AvgIpc) is 2.68. The highest BCUT2D eigenvalue weighted by Crippen LogP contribution is 2.31. The number of nitrogens with zero attached hydrogens (tertiary/aromatic N) is 1. The van der Waals surface area contributed by atoms with Crippen LogP contribution in [0.3, 0.4) is 0 Å². The SMILES string of the molecule is COc1cc(/C=N\NC(=O)CSc2cccc3ccccc23)c(Br)cc1O. The topological polar surface area (TPSA) is 70.9 Å². The van der Waals surface area contributed by atoms with E-state index < -0.39 is 0 Å². The molecule has 0 aliphatic carbocycles. The molecule has 2 N–H and O–H groups in total. The van der Waals surface area contributed by atoms with Gasteiger partial charge in [0, 0.05) is 14.9 Å². The third kappa shape index (κ3) is 4.81. The van der Waals surface area contributed by atoms with Gasteiger partial charge in [-0.3, -0.25) is 4.79 Å². The quantitative estimate of drug-likeness (QED) is 0.332. The van der Waals surface area contributed by atoms with Crippen molar-refractivity contribution in [3.05, 3.63) is 64.6 Å². The summed E-state index contributed by atoms with van der Waals surface area (Å²) < 4.78 is 5.71. The van der Waals surface area contributed by atoms with Crippen molar-refractivity contribution in [1.82, 2.24) is 5.43 Å². The van der Waals surface area contributed by atoms with Gasteiger partial charge < -0.3 is 9.84 Å². The smallest absolute Gasteiger partial charge is 0.250 e. The monoisotopic (exact) mass is 444 g/mol. The third-order valence-corrected chi connectivity index (χ3v) is 5.56. The van der Waals surface area contributed by atoms with Crippen molar-refractivity contribution in [3.8, 4) is 11.5 Å². The molecule has 3 aromatic rings. The van der Waals surface area contributed by atoms with Crippen LogP contribution in [0, 0.1) is 0 Å². The number of methoxy groups -OCH3 is 1. The molecule has 0 heterocycles. The fourth-order valence-electron chi connectivity index (χ4n) is 2.49. The number of thioether (sulfide) groups is 1. The molecule has 0 radical (unpaired) electrons. The zero-order valence-electron chi connectivity index (χ0n) is 14.5. The zero-order chi connectivity index (χ0) is 19.2. The number of fused-ring (bicyclic) bond motifs is 1. The number of hydrazone groups is 1. The van der Waals surface area contributed by atoms with Crippen LogP contribution in [0.5, 0.6) is 11.5 Å². The summed E-state index contributed by atoms with van der Waals surface area (Å²) in [6.07, 6.45) is 1.49. The first-order valence-electron chi connectivity index (χ1n) is 8.07. The Morgan fingerprint density at radius 3 is 2.85 bits per heavy atom. The van der Waals surface area contributed by atoms with Crippen LogP contribution in [0.4, 0.5) is 0 Å². The number of halogens is 1. The molecular weight excluding hydrogens is 428 g/mol. The van der Waals surface area contributed by atoms with E-state index in [0.29, 0.717) is 15.8 Å². The molecule has 0 atom stereocenters. The standard InChI is InChI=1S/C20H17BrN2O3S/c1-26-18-9-14(16(21)10-17(18)24)11-22-23-20(25)12-27-19-8-4-6-13-5-2-3-7-15(13)19/h2-11,24H,12H2,1H3,(H,23,25)/b22-11-. The molecule has 3 rings (SSSR count). The normalized spacial score (nSPS) is 11.0. The summed E-state index contributed by atoms with van der Waals surface area (Å²) in [6.45, 7) is 0. The molecule has 7 heteroatoms. The number of rotatable bonds is 6. The number of carbonyl (C=O) groups excluding carboxylic acids is 1. The molecule has 0 unspecified atom stereocenters. The molecule has 0 saturated carbocycles. The summed E-state index contributed by atoms with van der Waals surface area (Å²) in [7, 11) is 1.47. The minimum Gasteiger partial charge on any atom is -0.504 e. The molecule has 0 aliphatic rings. The van der Waals surface area contributed by atoms with Crippen LogP contribution in [0.15, 0.2) is 69.1 Å². The lowest BCUT2D eigenvalue weighted by atomic mass is 10.1. The second kappa shape index (κ2) is 8.92. The molecule has 1 amide bonds. The Bertz CT molecular complexity index is 1000. The summed E-state index contributed by atoms with van der Waals surface area (Å²) in [5, 5.41) is 16.0. The lowest BCUT2D eigenvalue weighted by Gasteiger charge is -2.07. The maximum atomic E-state index is 12.1. The van der Waals surface area contributed by atoms with Crippen molar-refractivity contribution < 1.29 is 14.6 Å². The number of amides is 1. The third-order valence-electron chi connectivity index (χ3n) is 3.80. The van der Waals surface area contributed by atoms with E-state index in [-0.39, 0.29) is 17.4 Å². The van der Waals surface area contributed by atoms with Gasteiger partial charge in [0.1, 0.15) is 0 Å². The van der Waals surface area contributed by atoms with E-state index in [0.717, 1.165) is 15.7 Å². The fourth-order valence-corrected chi connectivity index (χ4v) is 3.79. The van der Waals surface area contributed by atoms with Crippen molar-refractivity contribution in [2.75, 3.05) is 12.9 Å². The minimum atomic E-state index is -0.203. The van der Waals surface area contributed by atoms with Crippen LogP contribution in [-0.4, -0.2) is 30.1 Å². The largest absolute Gasteiger partial charge is 0.504 e. The summed E-state index contributed by atoms with van der Waals surface area (Å²) in [5.41, 5.74) is 3.19. The van der Waals surface area contributed by atoms with Crippen LogP contribution in [0.25, 0.3) is 10.8 Å². The predicted octanol–water partition coefficient (Wildman–Crippen LogP) is 4.56. The highest BCUT2D eigenvalue weighted by atomic mass is 79.9. The van der Waals surface area contributed by atoms with Gasteiger partial charge in [-0.25, -0.2) is 5.43 Å². The number of benzene rings is 3. The molecule has 27 heavy (non-hydrogen) atoms. The molecule has 0 fully saturated rings. The van der Waals surface area contributed by atoms with Crippen molar-refractivity contribution in [3.63, 3.8) is 0 Å². The highest BCUT2D eigenvalue weighted by Gasteiger charge is 2.07. The Morgan fingerprint density at radius 2 is 2.04 bits per heavy atom. The molecule has 0 saturated heterocycles. The number of hydrogen-bond acceptors (Lipinski definition) is 5. The first kappa shape index (κ1) is 19.3. The average molecular weight is 445 g/mol. The van der Waals surface area contributed by atoms with Crippen molar-refractivity contribution in [2.45, 2.75) is 4.90 Å². The maximum Gasteiger partial charge on any atom is 0.250 e. The number of aromatic hydroxyl groups is 1. The maximum absolute atomic E-state index is 12.1. The Labute approximate surface area is 169 Å². The molecule has 0 aromatic heterocycles. The van der Waals surface area contributed by atoms with E-state index in [1.54, 1.807) is 6.07 Å². The van der Waals surface area contributed by atoms with E-state index >= 15 is 0 Å². The Hall–Kier alpha value is -2.51. The van der Waals surface area contributed by atoms with Gasteiger partial charge >= 0.3 is 0 Å². The number of phenolic OH excluding ortho intramolecular Hbond substituents is 1. The van der Waals surface area contributed by atoms with E-state index in [9.17, 15) is 9.90 Å². The first-order valence-corrected chi connectivity index (χ1v) is 9.85. The van der Waals surface area contributed by atoms with Crippen molar-refractivity contribution >= 4 is 50.6 Å². The minimum absolute atomic E-state index is 0.0250. The Kier molecular flexibility index (Phi) is 6.36. The Balaban J connectivity index is 1.61. The summed E-state index contributed by atoms with van der Waals surface area (Å²) >= 11 is 4.81. The van der Waals surface area contributed by atoms with Gasteiger partial charge in [0.25, 0.3) is 0 Å². The van der Waals surface area contributed by atoms with Gasteiger partial charge in [-0.1, -0.05) is 36.4 Å². The molecule has 0 spiro atoms. The lowest BCUT2D eigenvalue weighted by molar-refractivity contribution is -0.118. The van der Waals surface area contributed by atoms with Crippen LogP contribution < -0.4 is 10.2 Å². The number of hydrogen-bond donors (Lipinski definition) is 2. The van der Waals surface area contributed by atoms with Crippen LogP contribution in [0.1, 0.15) is 5.56 Å². The summed E-state index contributed by atoms with van der Waals surface area (Å²) in [6, 6.07) is 17.2. The first-order chi connectivity index (χ1) is 13.1. The number of nitrogens with one attached hydrogen (secondary N) is 1. The van der Waals surface area contributed by atoms with Gasteiger partial charge in [0.15, 0.2) is 11.5 Å². The summed E-state index contributed by atoms with van der Waals surface area (Å²) in [4.78, 5) is 13.1. The molecule has 5 nitrogen and oxygen atoms in total. The molecule has 0 aliphatic heterocycles. The number of carbonyl (C=O) groups is 1. The Morgan fingerprint density at radius 1 is 1.26 bits per heavy atom. The molecule has 138 valence electrons. The van der Waals surface area contributed by atoms with Gasteiger partial charge in [-0.2, -0.15) is 5.10 Å². The van der Waals surface area contributed by atoms with Gasteiger partial charge in [-0.05, 0) is 44.9 Å². The number of phenols is 1. The van der Waals surface area contributed by atoms with E-state index in [2.05, 4.69) is 26.5 Å². The number of ether oxygens (including phenoxy) is 1. The molecular formula is C20H17BrN2O3S. The van der Waals surface area contributed by atoms with Crippen molar-refractivity contribution in [2.24, 2.45) is 5.10 Å². The van der Waals surface area contributed by atoms with Crippen molar-refractivity contribution in [1.29, 1.82) is 0 Å². The zero-order valence-corrected chi connectivity index (χ0v) is 16.9. The van der Waals surface area contributed by atoms with Crippen LogP contribution in [-0.2, 0) is 4.79 Å². The predicted molar refractivity (Wildman–Crippen MR) is 113 cm³/mol. The van der Waals surface area contributed by atoms with E-state index in [1.807, 2.05) is 42.5 Å². The van der Waals surface area contributed by atoms with Crippen LogP contribution in [0.2, 0.25) is 0 Å². The van der Waals surface area contributed by atoms with E-state index in [4.69, 9.17) is 4.74 Å². The van der Waals surface area contributed by atoms with Crippen LogP contribution >= 0.6 is 27.7 Å². The second-order valence-electron chi connectivity index (χ2n) is 5.60. The van der Waals surface area contributed by atoms with E-state index in [1.165, 1.54) is 31.2 Å². The van der Waals surface area contributed by atoms with Gasteiger partial charge in [-0.15, -0.1) is 11.8 Å². The molecule has 0 bridgehead atoms. The van der Waals surface area contributed by atoms with Gasteiger partial charge in [0.2, 0.25) is 5.91 Å². The molecule has 3 aromatic carbocycles. The highest BCUT2D eigenvalue weighted by molar-refractivity contribution is 9.10.